The molecule has 0 bridgehead atoms. The van der Waals surface area contributed by atoms with Crippen LogP contribution in [0.15, 0.2) is 53.9 Å². The van der Waals surface area contributed by atoms with Gasteiger partial charge in [-0.05, 0) is 17.7 Å². The van der Waals surface area contributed by atoms with Gasteiger partial charge in [-0.3, -0.25) is 0 Å². The van der Waals surface area contributed by atoms with Gasteiger partial charge in [-0.2, -0.15) is 0 Å². The summed E-state index contributed by atoms with van der Waals surface area (Å²) in [5.74, 6) is 0.249. The lowest BCUT2D eigenvalue weighted by Gasteiger charge is -2.03. The molecule has 3 nitrogen and oxygen atoms in total. The normalized spacial score (nSPS) is 10.7. The maximum absolute atomic E-state index is 9.54. The molecule has 0 aliphatic carbocycles. The number of nitrogens with two attached hydrogens (primary N) is 1. The zero-order valence-electron chi connectivity index (χ0n) is 10.8. The molecule has 0 radical (unpaired) electrons. The molecule has 0 saturated heterocycles. The van der Waals surface area contributed by atoms with Crippen LogP contribution >= 0.6 is 11.3 Å². The summed E-state index contributed by atoms with van der Waals surface area (Å²) in [6, 6.07) is 15.1. The third kappa shape index (κ3) is 2.43. The van der Waals surface area contributed by atoms with Gasteiger partial charge in [0, 0.05) is 23.1 Å². The molecule has 0 fully saturated rings. The van der Waals surface area contributed by atoms with Crippen LogP contribution in [-0.2, 0) is 6.54 Å². The van der Waals surface area contributed by atoms with Gasteiger partial charge < -0.3 is 10.8 Å². The molecule has 2 aromatic carbocycles. The minimum absolute atomic E-state index is 0.249. The van der Waals surface area contributed by atoms with E-state index in [0.717, 1.165) is 27.4 Å². The van der Waals surface area contributed by atoms with Crippen molar-refractivity contribution >= 4 is 11.3 Å². The quantitative estimate of drug-likeness (QED) is 0.771. The molecule has 0 atom stereocenters. The van der Waals surface area contributed by atoms with Crippen molar-refractivity contribution in [3.8, 4) is 27.6 Å². The first-order valence-electron chi connectivity index (χ1n) is 6.31. The molecule has 0 amide bonds. The molecule has 0 unspecified atom stereocenters. The first-order valence-corrected chi connectivity index (χ1v) is 7.19. The summed E-state index contributed by atoms with van der Waals surface area (Å²) in [6.45, 7) is 0.497. The number of hydrogen-bond acceptors (Lipinski definition) is 4. The molecule has 3 N–H and O–H groups in total. The van der Waals surface area contributed by atoms with Crippen LogP contribution in [0.4, 0.5) is 0 Å². The number of hydrogen-bond donors (Lipinski definition) is 2. The number of nitrogens with zero attached hydrogens (tertiary/aromatic N) is 1. The molecule has 0 aliphatic heterocycles. The highest BCUT2D eigenvalue weighted by atomic mass is 32.1. The SMILES string of the molecule is NCc1ccccc1-c1nc(-c2cccc(O)c2)cs1. The molecule has 1 aromatic heterocycles. The van der Waals surface area contributed by atoms with Crippen LogP contribution in [-0.4, -0.2) is 10.1 Å². The number of phenolic OH excluding ortho intramolecular Hbond substituents is 1. The van der Waals surface area contributed by atoms with Crippen molar-refractivity contribution in [3.63, 3.8) is 0 Å². The molecule has 3 rings (SSSR count). The molecule has 4 heteroatoms. The molecule has 100 valence electrons. The van der Waals surface area contributed by atoms with Crippen LogP contribution in [0.1, 0.15) is 5.56 Å². The molecular formula is C16H14N2OS. The van der Waals surface area contributed by atoms with Crippen molar-refractivity contribution in [2.75, 3.05) is 0 Å². The zero-order chi connectivity index (χ0) is 13.9. The van der Waals surface area contributed by atoms with Crippen molar-refractivity contribution < 1.29 is 5.11 Å². The van der Waals surface area contributed by atoms with E-state index in [0.29, 0.717) is 6.54 Å². The van der Waals surface area contributed by atoms with E-state index in [2.05, 4.69) is 4.98 Å². The maximum atomic E-state index is 9.54. The minimum Gasteiger partial charge on any atom is -0.508 e. The van der Waals surface area contributed by atoms with Gasteiger partial charge >= 0.3 is 0 Å². The van der Waals surface area contributed by atoms with Crippen LogP contribution in [0.2, 0.25) is 0 Å². The van der Waals surface area contributed by atoms with Gasteiger partial charge in [0.25, 0.3) is 0 Å². The summed E-state index contributed by atoms with van der Waals surface area (Å²) in [4.78, 5) is 4.65. The van der Waals surface area contributed by atoms with Crippen LogP contribution in [0.25, 0.3) is 21.8 Å². The van der Waals surface area contributed by atoms with Crippen LogP contribution in [0, 0.1) is 0 Å². The molecule has 20 heavy (non-hydrogen) atoms. The number of aromatic nitrogens is 1. The fourth-order valence-corrected chi connectivity index (χ4v) is 2.99. The third-order valence-electron chi connectivity index (χ3n) is 3.11. The van der Waals surface area contributed by atoms with Gasteiger partial charge in [-0.25, -0.2) is 4.98 Å². The van der Waals surface area contributed by atoms with Gasteiger partial charge in [0.1, 0.15) is 10.8 Å². The maximum Gasteiger partial charge on any atom is 0.124 e. The molecule has 0 aliphatic rings. The predicted octanol–water partition coefficient (Wildman–Crippen LogP) is 3.64. The Kier molecular flexibility index (Phi) is 3.50. The number of aromatic hydroxyl groups is 1. The van der Waals surface area contributed by atoms with E-state index in [-0.39, 0.29) is 5.75 Å². The van der Waals surface area contributed by atoms with Crippen LogP contribution in [0.3, 0.4) is 0 Å². The van der Waals surface area contributed by atoms with E-state index >= 15 is 0 Å². The summed E-state index contributed by atoms with van der Waals surface area (Å²) >= 11 is 1.58. The molecule has 3 aromatic rings. The van der Waals surface area contributed by atoms with Crippen LogP contribution < -0.4 is 5.73 Å². The molecule has 0 saturated carbocycles. The lowest BCUT2D eigenvalue weighted by atomic mass is 10.1. The Morgan fingerprint density at radius 1 is 1.10 bits per heavy atom. The third-order valence-corrected chi connectivity index (χ3v) is 3.99. The smallest absolute Gasteiger partial charge is 0.124 e. The molecule has 0 spiro atoms. The second-order valence-electron chi connectivity index (χ2n) is 4.45. The van der Waals surface area contributed by atoms with Crippen molar-refractivity contribution in [2.24, 2.45) is 5.73 Å². The summed E-state index contributed by atoms with van der Waals surface area (Å²) in [7, 11) is 0. The van der Waals surface area contributed by atoms with Gasteiger partial charge in [0.05, 0.1) is 5.69 Å². The van der Waals surface area contributed by atoms with Crippen LogP contribution in [0.5, 0.6) is 5.75 Å². The van der Waals surface area contributed by atoms with Crippen molar-refractivity contribution in [2.45, 2.75) is 6.54 Å². The van der Waals surface area contributed by atoms with Gasteiger partial charge in [-0.1, -0.05) is 36.4 Å². The van der Waals surface area contributed by atoms with Crippen molar-refractivity contribution in [1.82, 2.24) is 4.98 Å². The van der Waals surface area contributed by atoms with Crippen molar-refractivity contribution in [1.29, 1.82) is 0 Å². The summed E-state index contributed by atoms with van der Waals surface area (Å²) in [5, 5.41) is 12.5. The first-order chi connectivity index (χ1) is 9.78. The largest absolute Gasteiger partial charge is 0.508 e. The van der Waals surface area contributed by atoms with E-state index in [9.17, 15) is 5.11 Å². The summed E-state index contributed by atoms with van der Waals surface area (Å²) in [5.41, 5.74) is 9.72. The number of thiazole rings is 1. The van der Waals surface area contributed by atoms with Crippen molar-refractivity contribution in [3.05, 3.63) is 59.5 Å². The second kappa shape index (κ2) is 5.45. The number of phenols is 1. The van der Waals surface area contributed by atoms with E-state index < -0.39 is 0 Å². The second-order valence-corrected chi connectivity index (χ2v) is 5.31. The lowest BCUT2D eigenvalue weighted by Crippen LogP contribution is -1.98. The van der Waals surface area contributed by atoms with Gasteiger partial charge in [-0.15, -0.1) is 11.3 Å². The number of rotatable bonds is 3. The first kappa shape index (κ1) is 12.8. The Morgan fingerprint density at radius 2 is 1.95 bits per heavy atom. The Bertz CT molecular complexity index is 737. The fraction of sp³-hybridized carbons (Fsp3) is 0.0625. The standard InChI is InChI=1S/C16H14N2OS/c17-9-12-4-1-2-7-14(12)16-18-15(10-20-16)11-5-3-6-13(19)8-11/h1-8,10,19H,9,17H2. The summed E-state index contributed by atoms with van der Waals surface area (Å²) in [6.07, 6.45) is 0. The van der Waals surface area contributed by atoms with Gasteiger partial charge in [0.15, 0.2) is 0 Å². The van der Waals surface area contributed by atoms with Gasteiger partial charge in [0.2, 0.25) is 0 Å². The molecular weight excluding hydrogens is 268 g/mol. The predicted molar refractivity (Wildman–Crippen MR) is 82.5 cm³/mol. The Morgan fingerprint density at radius 3 is 2.75 bits per heavy atom. The Hall–Kier alpha value is -2.17. The van der Waals surface area contributed by atoms with E-state index in [4.69, 9.17) is 5.73 Å². The zero-order valence-corrected chi connectivity index (χ0v) is 11.6. The topological polar surface area (TPSA) is 59.1 Å². The lowest BCUT2D eigenvalue weighted by molar-refractivity contribution is 0.475. The van der Waals surface area contributed by atoms with E-state index in [1.54, 1.807) is 23.5 Å². The average molecular weight is 282 g/mol. The monoisotopic (exact) mass is 282 g/mol. The Balaban J connectivity index is 2.02. The highest BCUT2D eigenvalue weighted by Gasteiger charge is 2.09. The Labute approximate surface area is 121 Å². The van der Waals surface area contributed by atoms with E-state index in [1.807, 2.05) is 41.8 Å². The summed E-state index contributed by atoms with van der Waals surface area (Å²) < 4.78 is 0. The molecule has 1 heterocycles. The highest BCUT2D eigenvalue weighted by molar-refractivity contribution is 7.13. The minimum atomic E-state index is 0.249. The number of benzene rings is 2. The highest BCUT2D eigenvalue weighted by Crippen LogP contribution is 2.31. The fourth-order valence-electron chi connectivity index (χ4n) is 2.10. The average Bonchev–Trinajstić information content (AvgIpc) is 2.97. The van der Waals surface area contributed by atoms with E-state index in [1.165, 1.54) is 0 Å².